The van der Waals surface area contributed by atoms with Gasteiger partial charge in [-0.15, -0.1) is 0 Å². The summed E-state index contributed by atoms with van der Waals surface area (Å²) in [4.78, 5) is 9.75. The highest BCUT2D eigenvalue weighted by atomic mass is 79.9. The fourth-order valence-electron chi connectivity index (χ4n) is 1.94. The first-order chi connectivity index (χ1) is 8.67. The van der Waals surface area contributed by atoms with Crippen molar-refractivity contribution >= 4 is 38.2 Å². The van der Waals surface area contributed by atoms with E-state index in [-0.39, 0.29) is 0 Å². The summed E-state index contributed by atoms with van der Waals surface area (Å²) < 4.78 is 0.996. The molecule has 0 aliphatic carbocycles. The molecule has 0 spiro atoms. The molecule has 0 amide bonds. The minimum absolute atomic E-state index is 0.621. The molecule has 0 atom stereocenters. The maximum Gasteiger partial charge on any atom is 0.0975 e. The van der Waals surface area contributed by atoms with Crippen LogP contribution >= 0.6 is 15.9 Å². The van der Waals surface area contributed by atoms with Crippen LogP contribution in [0.3, 0.4) is 0 Å². The fraction of sp³-hybridized carbons (Fsp3) is 0.308. The van der Waals surface area contributed by atoms with Crippen LogP contribution in [0.2, 0.25) is 0 Å². The number of hydroxylamine groups is 1. The molecule has 2 N–H and O–H groups in total. The molecule has 0 unspecified atom stereocenters. The zero-order valence-electron chi connectivity index (χ0n) is 10.5. The average molecular weight is 310 g/mol. The van der Waals surface area contributed by atoms with Crippen molar-refractivity contribution in [1.29, 1.82) is 0 Å². The number of nitrogens with two attached hydrogens (primary N) is 1. The Balaban J connectivity index is 2.65. The number of rotatable bonds is 4. The second-order valence-electron chi connectivity index (χ2n) is 4.01. The number of fused-ring (bicyclic) bond motifs is 1. The van der Waals surface area contributed by atoms with Crippen molar-refractivity contribution in [2.24, 2.45) is 0 Å². The van der Waals surface area contributed by atoms with E-state index in [1.807, 2.05) is 23.3 Å². The van der Waals surface area contributed by atoms with E-state index in [2.05, 4.69) is 27.8 Å². The van der Waals surface area contributed by atoms with E-state index in [0.717, 1.165) is 34.0 Å². The van der Waals surface area contributed by atoms with E-state index in [4.69, 9.17) is 10.6 Å². The summed E-state index contributed by atoms with van der Waals surface area (Å²) in [5.74, 6) is 0. The highest BCUT2D eigenvalue weighted by molar-refractivity contribution is 9.10. The van der Waals surface area contributed by atoms with Gasteiger partial charge in [0.25, 0.3) is 0 Å². The second kappa shape index (κ2) is 5.54. The molecular formula is C13H16BrN3O. The van der Waals surface area contributed by atoms with Crippen LogP contribution in [-0.4, -0.2) is 18.6 Å². The van der Waals surface area contributed by atoms with Crippen LogP contribution < -0.4 is 10.8 Å². The van der Waals surface area contributed by atoms with E-state index in [0.29, 0.717) is 5.69 Å². The van der Waals surface area contributed by atoms with Crippen molar-refractivity contribution < 1.29 is 4.84 Å². The molecule has 1 heterocycles. The highest BCUT2D eigenvalue weighted by Gasteiger charge is 2.14. The van der Waals surface area contributed by atoms with E-state index in [1.54, 1.807) is 13.3 Å². The summed E-state index contributed by atoms with van der Waals surface area (Å²) in [5, 5.41) is 2.80. The molecule has 0 saturated heterocycles. The SMILES string of the molecule is CCCN(OC)c1c(N)cnc2ccc(Br)cc12. The number of pyridine rings is 1. The van der Waals surface area contributed by atoms with Crippen molar-refractivity contribution in [3.63, 3.8) is 0 Å². The van der Waals surface area contributed by atoms with Gasteiger partial charge in [-0.3, -0.25) is 14.9 Å². The molecule has 0 bridgehead atoms. The van der Waals surface area contributed by atoms with Crippen LogP contribution in [0.1, 0.15) is 13.3 Å². The van der Waals surface area contributed by atoms with Gasteiger partial charge in [-0.2, -0.15) is 0 Å². The lowest BCUT2D eigenvalue weighted by molar-refractivity contribution is 0.168. The van der Waals surface area contributed by atoms with Gasteiger partial charge in [-0.25, -0.2) is 0 Å². The van der Waals surface area contributed by atoms with Crippen LogP contribution in [0.5, 0.6) is 0 Å². The van der Waals surface area contributed by atoms with E-state index >= 15 is 0 Å². The lowest BCUT2D eigenvalue weighted by atomic mass is 10.1. The molecule has 2 aromatic rings. The van der Waals surface area contributed by atoms with Crippen LogP contribution in [0.15, 0.2) is 28.9 Å². The number of nitrogens with zero attached hydrogens (tertiary/aromatic N) is 2. The average Bonchev–Trinajstić information content (AvgIpc) is 2.36. The second-order valence-corrected chi connectivity index (χ2v) is 4.92. The quantitative estimate of drug-likeness (QED) is 0.880. The Morgan fingerprint density at radius 2 is 2.22 bits per heavy atom. The topological polar surface area (TPSA) is 51.4 Å². The minimum Gasteiger partial charge on any atom is -0.396 e. The van der Waals surface area contributed by atoms with Gasteiger partial charge >= 0.3 is 0 Å². The lowest BCUT2D eigenvalue weighted by Gasteiger charge is -2.24. The molecule has 4 nitrogen and oxygen atoms in total. The Kier molecular flexibility index (Phi) is 4.04. The summed E-state index contributed by atoms with van der Waals surface area (Å²) in [6.07, 6.45) is 2.65. The van der Waals surface area contributed by atoms with E-state index in [1.165, 1.54) is 0 Å². The van der Waals surface area contributed by atoms with Crippen molar-refractivity contribution in [3.05, 3.63) is 28.9 Å². The molecule has 1 aromatic heterocycles. The maximum atomic E-state index is 6.04. The van der Waals surface area contributed by atoms with Crippen LogP contribution in [0.4, 0.5) is 11.4 Å². The largest absolute Gasteiger partial charge is 0.396 e. The van der Waals surface area contributed by atoms with Crippen molar-refractivity contribution in [2.45, 2.75) is 13.3 Å². The third-order valence-electron chi connectivity index (χ3n) is 2.73. The maximum absolute atomic E-state index is 6.04. The number of benzene rings is 1. The molecule has 0 saturated carbocycles. The van der Waals surface area contributed by atoms with Crippen LogP contribution in [0, 0.1) is 0 Å². The van der Waals surface area contributed by atoms with Gasteiger partial charge in [-0.1, -0.05) is 22.9 Å². The number of anilines is 2. The van der Waals surface area contributed by atoms with Crippen molar-refractivity contribution in [1.82, 2.24) is 4.98 Å². The summed E-state index contributed by atoms with van der Waals surface area (Å²) in [7, 11) is 1.65. The lowest BCUT2D eigenvalue weighted by Crippen LogP contribution is -2.23. The smallest absolute Gasteiger partial charge is 0.0975 e. The van der Waals surface area contributed by atoms with Gasteiger partial charge in [0.2, 0.25) is 0 Å². The molecule has 96 valence electrons. The summed E-state index contributed by atoms with van der Waals surface area (Å²) in [5.41, 5.74) is 8.45. The Bertz CT molecular complexity index is 554. The first-order valence-corrected chi connectivity index (χ1v) is 6.62. The van der Waals surface area contributed by atoms with Gasteiger partial charge in [0, 0.05) is 16.4 Å². The summed E-state index contributed by atoms with van der Waals surface area (Å²) in [6.45, 7) is 2.88. The van der Waals surface area contributed by atoms with Gasteiger partial charge in [-0.05, 0) is 24.6 Å². The molecular weight excluding hydrogens is 294 g/mol. The Labute approximate surface area is 115 Å². The fourth-order valence-corrected chi connectivity index (χ4v) is 2.30. The van der Waals surface area contributed by atoms with Gasteiger partial charge in [0.15, 0.2) is 0 Å². The minimum atomic E-state index is 0.621. The molecule has 0 fully saturated rings. The van der Waals surface area contributed by atoms with Crippen LogP contribution in [-0.2, 0) is 4.84 Å². The van der Waals surface area contributed by atoms with E-state index < -0.39 is 0 Å². The summed E-state index contributed by atoms with van der Waals surface area (Å²) >= 11 is 3.47. The Morgan fingerprint density at radius 1 is 1.44 bits per heavy atom. The van der Waals surface area contributed by atoms with Gasteiger partial charge in [0.1, 0.15) is 0 Å². The zero-order valence-corrected chi connectivity index (χ0v) is 12.1. The molecule has 0 radical (unpaired) electrons. The number of nitrogen functional groups attached to an aromatic ring is 1. The van der Waals surface area contributed by atoms with Gasteiger partial charge in [0.05, 0.1) is 30.2 Å². The monoisotopic (exact) mass is 309 g/mol. The molecule has 1 aromatic carbocycles. The molecule has 0 aliphatic heterocycles. The third-order valence-corrected chi connectivity index (χ3v) is 3.22. The van der Waals surface area contributed by atoms with Crippen molar-refractivity contribution in [3.8, 4) is 0 Å². The predicted octanol–water partition coefficient (Wildman–Crippen LogP) is 3.36. The molecule has 2 rings (SSSR count). The number of halogens is 1. The molecule has 0 aliphatic rings. The number of aromatic nitrogens is 1. The Hall–Kier alpha value is -1.33. The van der Waals surface area contributed by atoms with Gasteiger partial charge < -0.3 is 5.73 Å². The number of hydrogen-bond donors (Lipinski definition) is 1. The van der Waals surface area contributed by atoms with E-state index in [9.17, 15) is 0 Å². The molecule has 18 heavy (non-hydrogen) atoms. The van der Waals surface area contributed by atoms with Crippen LogP contribution in [0.25, 0.3) is 10.9 Å². The molecule has 5 heteroatoms. The predicted molar refractivity (Wildman–Crippen MR) is 78.5 cm³/mol. The summed E-state index contributed by atoms with van der Waals surface area (Å²) in [6, 6.07) is 5.93. The first-order valence-electron chi connectivity index (χ1n) is 5.82. The normalized spacial score (nSPS) is 10.8. The zero-order chi connectivity index (χ0) is 13.1. The third kappa shape index (κ3) is 2.42. The number of hydrogen-bond acceptors (Lipinski definition) is 4. The first kappa shape index (κ1) is 13.1. The standard InChI is InChI=1S/C13H16BrN3O/c1-3-6-17(18-2)13-10-7-9(14)4-5-12(10)16-8-11(13)15/h4-5,7-8H,3,6,15H2,1-2H3. The highest BCUT2D eigenvalue weighted by Crippen LogP contribution is 2.33. The Morgan fingerprint density at radius 3 is 2.89 bits per heavy atom. The van der Waals surface area contributed by atoms with Crippen molar-refractivity contribution in [2.75, 3.05) is 24.5 Å².